The normalized spacial score (nSPS) is 18.2. The number of hydrogen-bond acceptors (Lipinski definition) is 5. The molecule has 24 heavy (non-hydrogen) atoms. The Balaban J connectivity index is 1.72. The van der Waals surface area contributed by atoms with Crippen molar-refractivity contribution in [1.82, 2.24) is 14.6 Å². The maximum Gasteiger partial charge on any atom is 0.283 e. The molecule has 0 amide bonds. The Bertz CT molecular complexity index is 984. The first-order valence-electron chi connectivity index (χ1n) is 8.90. The first-order chi connectivity index (χ1) is 11.8. The Morgan fingerprint density at radius 2 is 1.83 bits per heavy atom. The van der Waals surface area contributed by atoms with Gasteiger partial charge in [-0.2, -0.15) is 4.52 Å². The topological polar surface area (TPSA) is 50.5 Å². The van der Waals surface area contributed by atoms with Gasteiger partial charge in [0.25, 0.3) is 5.56 Å². The first-order valence-corrected chi connectivity index (χ1v) is 9.72. The molecule has 6 heteroatoms. The van der Waals surface area contributed by atoms with Crippen LogP contribution in [0, 0.1) is 0 Å². The second kappa shape index (κ2) is 5.55. The van der Waals surface area contributed by atoms with Crippen LogP contribution in [0.5, 0.6) is 0 Å². The Kier molecular flexibility index (Phi) is 3.33. The van der Waals surface area contributed by atoms with Gasteiger partial charge in [-0.25, -0.2) is 4.98 Å². The number of aryl methyl sites for hydroxylation is 2. The van der Waals surface area contributed by atoms with Crippen LogP contribution in [0.4, 0.5) is 5.82 Å². The van der Waals surface area contributed by atoms with Crippen LogP contribution in [0.1, 0.15) is 42.5 Å². The van der Waals surface area contributed by atoms with Crippen LogP contribution in [0.2, 0.25) is 0 Å². The van der Waals surface area contributed by atoms with Gasteiger partial charge in [-0.3, -0.25) is 4.79 Å². The fourth-order valence-corrected chi connectivity index (χ4v) is 5.25. The largest absolute Gasteiger partial charge is 0.355 e. The van der Waals surface area contributed by atoms with E-state index in [9.17, 15) is 4.79 Å². The number of aromatic nitrogens is 3. The molecule has 4 heterocycles. The molecule has 124 valence electrons. The molecule has 0 N–H and O–H groups in total. The SMILES string of the molecule is O=c1c2c3c(sc2nc2ccc(N4CCCCC4)nn12)CCCC3. The lowest BCUT2D eigenvalue weighted by molar-refractivity contribution is 0.569. The molecular formula is C18H20N4OS. The standard InChI is InChI=1S/C18H20N4OS/c23-18-16-12-6-2-3-7-13(12)24-17(16)19-14-8-9-15(20-22(14)18)21-10-4-1-5-11-21/h8-9H,1-7,10-11H2. The number of rotatable bonds is 1. The second-order valence-corrected chi connectivity index (χ2v) is 7.90. The van der Waals surface area contributed by atoms with Crippen molar-refractivity contribution < 1.29 is 0 Å². The van der Waals surface area contributed by atoms with Gasteiger partial charge in [0.2, 0.25) is 0 Å². The molecule has 0 saturated carbocycles. The Hall–Kier alpha value is -1.95. The smallest absolute Gasteiger partial charge is 0.283 e. The van der Waals surface area contributed by atoms with E-state index in [2.05, 4.69) is 10.00 Å². The Labute approximate surface area is 143 Å². The molecule has 1 aliphatic carbocycles. The van der Waals surface area contributed by atoms with E-state index in [1.807, 2.05) is 12.1 Å². The number of fused-ring (bicyclic) bond motifs is 4. The van der Waals surface area contributed by atoms with Gasteiger partial charge >= 0.3 is 0 Å². The molecule has 0 spiro atoms. The molecule has 1 fully saturated rings. The molecular weight excluding hydrogens is 320 g/mol. The van der Waals surface area contributed by atoms with Crippen molar-refractivity contribution in [1.29, 1.82) is 0 Å². The first kappa shape index (κ1) is 14.4. The van der Waals surface area contributed by atoms with E-state index in [-0.39, 0.29) is 5.56 Å². The minimum Gasteiger partial charge on any atom is -0.355 e. The average molecular weight is 340 g/mol. The van der Waals surface area contributed by atoms with Gasteiger partial charge in [-0.05, 0) is 62.6 Å². The third-order valence-electron chi connectivity index (χ3n) is 5.26. The maximum atomic E-state index is 13.1. The Morgan fingerprint density at radius 1 is 1.00 bits per heavy atom. The average Bonchev–Trinajstić information content (AvgIpc) is 3.01. The van der Waals surface area contributed by atoms with Gasteiger partial charge < -0.3 is 4.90 Å². The highest BCUT2D eigenvalue weighted by Gasteiger charge is 2.21. The number of thiophene rings is 1. The van der Waals surface area contributed by atoms with Gasteiger partial charge in [0.15, 0.2) is 5.65 Å². The van der Waals surface area contributed by atoms with Crippen molar-refractivity contribution >= 4 is 33.0 Å². The van der Waals surface area contributed by atoms with Gasteiger partial charge in [-0.15, -0.1) is 16.4 Å². The van der Waals surface area contributed by atoms with E-state index in [1.54, 1.807) is 11.3 Å². The van der Waals surface area contributed by atoms with Crippen LogP contribution in [-0.2, 0) is 12.8 Å². The summed E-state index contributed by atoms with van der Waals surface area (Å²) < 4.78 is 1.52. The zero-order valence-electron chi connectivity index (χ0n) is 13.6. The zero-order valence-corrected chi connectivity index (χ0v) is 14.4. The highest BCUT2D eigenvalue weighted by atomic mass is 32.1. The fraction of sp³-hybridized carbons (Fsp3) is 0.500. The summed E-state index contributed by atoms with van der Waals surface area (Å²) in [4.78, 5) is 22.4. The van der Waals surface area contributed by atoms with Gasteiger partial charge in [0.05, 0.1) is 5.39 Å². The second-order valence-electron chi connectivity index (χ2n) is 6.82. The number of nitrogens with zero attached hydrogens (tertiary/aromatic N) is 4. The summed E-state index contributed by atoms with van der Waals surface area (Å²) in [6, 6.07) is 3.95. The molecule has 1 aliphatic heterocycles. The third kappa shape index (κ3) is 2.16. The maximum absolute atomic E-state index is 13.1. The highest BCUT2D eigenvalue weighted by molar-refractivity contribution is 7.18. The van der Waals surface area contributed by atoms with Crippen molar-refractivity contribution in [3.05, 3.63) is 32.9 Å². The monoisotopic (exact) mass is 340 g/mol. The minimum atomic E-state index is 0.00765. The predicted octanol–water partition coefficient (Wildman–Crippen LogP) is 3.17. The summed E-state index contributed by atoms with van der Waals surface area (Å²) in [5, 5.41) is 5.46. The molecule has 0 unspecified atom stereocenters. The van der Waals surface area contributed by atoms with Crippen LogP contribution in [0.15, 0.2) is 16.9 Å². The van der Waals surface area contributed by atoms with Gasteiger partial charge in [-0.1, -0.05) is 0 Å². The summed E-state index contributed by atoms with van der Waals surface area (Å²) >= 11 is 1.70. The van der Waals surface area contributed by atoms with E-state index >= 15 is 0 Å². The van der Waals surface area contributed by atoms with E-state index < -0.39 is 0 Å². The lowest BCUT2D eigenvalue weighted by Gasteiger charge is -2.27. The Morgan fingerprint density at radius 3 is 2.71 bits per heavy atom. The molecule has 0 aromatic carbocycles. The third-order valence-corrected chi connectivity index (χ3v) is 6.44. The quantitative estimate of drug-likeness (QED) is 0.683. The number of anilines is 1. The van der Waals surface area contributed by atoms with E-state index in [0.717, 1.165) is 42.0 Å². The molecule has 0 atom stereocenters. The van der Waals surface area contributed by atoms with Gasteiger partial charge in [0, 0.05) is 18.0 Å². The summed E-state index contributed by atoms with van der Waals surface area (Å²) in [7, 11) is 0. The summed E-state index contributed by atoms with van der Waals surface area (Å²) in [5.74, 6) is 0.898. The van der Waals surface area contributed by atoms with Crippen LogP contribution in [0.3, 0.4) is 0 Å². The zero-order chi connectivity index (χ0) is 16.1. The fourth-order valence-electron chi connectivity index (χ4n) is 3.99. The van der Waals surface area contributed by atoms with Crippen molar-refractivity contribution in [3.8, 4) is 0 Å². The molecule has 2 aliphatic rings. The van der Waals surface area contributed by atoms with Crippen molar-refractivity contribution in [3.63, 3.8) is 0 Å². The highest BCUT2D eigenvalue weighted by Crippen LogP contribution is 2.33. The molecule has 5 nitrogen and oxygen atoms in total. The number of piperidine rings is 1. The van der Waals surface area contributed by atoms with Crippen molar-refractivity contribution in [2.45, 2.75) is 44.9 Å². The van der Waals surface area contributed by atoms with Crippen molar-refractivity contribution in [2.24, 2.45) is 0 Å². The van der Waals surface area contributed by atoms with Crippen LogP contribution in [-0.4, -0.2) is 27.7 Å². The summed E-state index contributed by atoms with van der Waals surface area (Å²) in [6.45, 7) is 2.05. The van der Waals surface area contributed by atoms with Gasteiger partial charge in [0.1, 0.15) is 10.6 Å². The lowest BCUT2D eigenvalue weighted by atomic mass is 9.97. The van der Waals surface area contributed by atoms with E-state index in [1.165, 1.54) is 47.1 Å². The van der Waals surface area contributed by atoms with Crippen LogP contribution in [0.25, 0.3) is 15.9 Å². The van der Waals surface area contributed by atoms with Crippen LogP contribution < -0.4 is 10.5 Å². The lowest BCUT2D eigenvalue weighted by Crippen LogP contribution is -2.31. The molecule has 0 radical (unpaired) electrons. The molecule has 3 aromatic heterocycles. The van der Waals surface area contributed by atoms with Crippen molar-refractivity contribution in [2.75, 3.05) is 18.0 Å². The molecule has 1 saturated heterocycles. The van der Waals surface area contributed by atoms with E-state index in [0.29, 0.717) is 5.65 Å². The van der Waals surface area contributed by atoms with E-state index in [4.69, 9.17) is 4.98 Å². The molecule has 0 bridgehead atoms. The number of hydrogen-bond donors (Lipinski definition) is 0. The predicted molar refractivity (Wildman–Crippen MR) is 97.3 cm³/mol. The molecule has 5 rings (SSSR count). The summed E-state index contributed by atoms with van der Waals surface area (Å²) in [6.07, 6.45) is 8.16. The van der Waals surface area contributed by atoms with Crippen LogP contribution >= 0.6 is 11.3 Å². The summed E-state index contributed by atoms with van der Waals surface area (Å²) in [5.41, 5.74) is 1.90. The molecule has 3 aromatic rings. The minimum absolute atomic E-state index is 0.00765.